The number of fused-ring (bicyclic) bond motifs is 6. The van der Waals surface area contributed by atoms with Gasteiger partial charge in [-0.15, -0.1) is 0 Å². The third-order valence-electron chi connectivity index (χ3n) is 10.1. The van der Waals surface area contributed by atoms with Gasteiger partial charge < -0.3 is 19.3 Å². The summed E-state index contributed by atoms with van der Waals surface area (Å²) >= 11 is 0. The summed E-state index contributed by atoms with van der Waals surface area (Å²) in [6.07, 6.45) is 2.51. The summed E-state index contributed by atoms with van der Waals surface area (Å²) < 4.78 is 4.52. The van der Waals surface area contributed by atoms with E-state index >= 15 is 0 Å². The number of aromatic nitrogens is 4. The van der Waals surface area contributed by atoms with Gasteiger partial charge in [-0.1, -0.05) is 96.1 Å². The number of benzene rings is 4. The van der Waals surface area contributed by atoms with Crippen molar-refractivity contribution in [1.82, 2.24) is 19.1 Å². The molecule has 4 heterocycles. The van der Waals surface area contributed by atoms with Crippen molar-refractivity contribution in [2.75, 3.05) is 0 Å². The van der Waals surface area contributed by atoms with Gasteiger partial charge in [-0.25, -0.2) is 19.6 Å². The number of carbonyl (C=O) groups is 2. The number of unbranched alkanes of at least 4 members (excludes halogenated alkanes) is 1. The lowest BCUT2D eigenvalue weighted by Gasteiger charge is -2.13. The van der Waals surface area contributed by atoms with Gasteiger partial charge in [-0.3, -0.25) is 0 Å². The zero-order valence-electron chi connectivity index (χ0n) is 29.1. The lowest BCUT2D eigenvalue weighted by Crippen LogP contribution is -2.08. The van der Waals surface area contributed by atoms with Crippen LogP contribution in [0.15, 0.2) is 109 Å². The van der Waals surface area contributed by atoms with Crippen LogP contribution in [0, 0.1) is 13.8 Å². The van der Waals surface area contributed by atoms with Crippen LogP contribution in [0.4, 0.5) is 0 Å². The molecular formula is C44H38N4O4. The van der Waals surface area contributed by atoms with Gasteiger partial charge in [0.05, 0.1) is 22.4 Å². The molecule has 0 unspecified atom stereocenters. The third-order valence-corrected chi connectivity index (χ3v) is 10.1. The Kier molecular flexibility index (Phi) is 8.51. The normalized spacial score (nSPS) is 11.7. The van der Waals surface area contributed by atoms with E-state index in [4.69, 9.17) is 9.97 Å². The Balaban J connectivity index is 1.17. The zero-order valence-corrected chi connectivity index (χ0v) is 29.1. The average molecular weight is 687 g/mol. The van der Waals surface area contributed by atoms with Gasteiger partial charge in [0, 0.05) is 45.7 Å². The summed E-state index contributed by atoms with van der Waals surface area (Å²) in [5.41, 5.74) is 10.2. The van der Waals surface area contributed by atoms with Gasteiger partial charge in [-0.05, 0) is 74.9 Å². The highest BCUT2D eigenvalue weighted by Crippen LogP contribution is 2.35. The maximum Gasteiger partial charge on any atom is 0.354 e. The molecule has 0 amide bonds. The van der Waals surface area contributed by atoms with Crippen LogP contribution in [0.2, 0.25) is 0 Å². The number of rotatable bonds is 11. The first-order valence-electron chi connectivity index (χ1n) is 17.6. The quantitative estimate of drug-likeness (QED) is 0.131. The van der Waals surface area contributed by atoms with E-state index in [9.17, 15) is 19.8 Å². The molecule has 0 aliphatic heterocycles. The average Bonchev–Trinajstić information content (AvgIpc) is 3.64. The number of aromatic carboxylic acids is 2. The molecule has 8 aromatic rings. The van der Waals surface area contributed by atoms with Crippen LogP contribution in [0.3, 0.4) is 0 Å². The van der Waals surface area contributed by atoms with Crippen LogP contribution in [0.25, 0.3) is 43.6 Å². The minimum Gasteiger partial charge on any atom is -0.477 e. The fourth-order valence-corrected chi connectivity index (χ4v) is 7.54. The minimum atomic E-state index is -1.06. The highest BCUT2D eigenvalue weighted by molar-refractivity contribution is 6.11. The number of carboxylic acid groups (broad SMARTS) is 2. The summed E-state index contributed by atoms with van der Waals surface area (Å²) in [5.74, 6) is -2.12. The van der Waals surface area contributed by atoms with Crippen molar-refractivity contribution in [3.8, 4) is 0 Å². The lowest BCUT2D eigenvalue weighted by atomic mass is 10.0. The Labute approximate surface area is 300 Å². The Morgan fingerprint density at radius 2 is 0.923 bits per heavy atom. The predicted molar refractivity (Wildman–Crippen MR) is 206 cm³/mol. The summed E-state index contributed by atoms with van der Waals surface area (Å²) in [6, 6.07) is 36.6. The van der Waals surface area contributed by atoms with Crippen molar-refractivity contribution >= 4 is 55.6 Å². The predicted octanol–water partition coefficient (Wildman–Crippen LogP) is 9.37. The van der Waals surface area contributed by atoms with E-state index in [1.807, 2.05) is 36.4 Å². The lowest BCUT2D eigenvalue weighted by molar-refractivity contribution is 0.0679. The molecule has 0 saturated heterocycles. The van der Waals surface area contributed by atoms with Crippen LogP contribution in [0.1, 0.15) is 67.5 Å². The number of carboxylic acids is 2. The number of aryl methyl sites for hydroxylation is 4. The summed E-state index contributed by atoms with van der Waals surface area (Å²) in [5, 5.41) is 23.9. The molecule has 0 aliphatic carbocycles. The standard InChI is InChI=1S/C44H38N4O4/c1-27-15-19-29(20-16-27)25-47-39-13-7-3-9-31(39)33-23-37(43(49)50)45-35(41(33)47)11-5-6-12-36-42-34(24-38(46-36)44(51)52)32-10-4-8-14-40(32)48(42)26-30-21-17-28(2)18-22-30/h3-4,7-10,13-24H,5-6,11-12,25-26H2,1-2H3,(H,49,50)(H,51,52). The van der Waals surface area contributed by atoms with Crippen molar-refractivity contribution in [3.05, 3.63) is 154 Å². The molecule has 8 rings (SSSR count). The molecule has 258 valence electrons. The Bertz CT molecular complexity index is 2470. The number of hydrogen-bond acceptors (Lipinski definition) is 4. The van der Waals surface area contributed by atoms with Crippen molar-refractivity contribution in [2.24, 2.45) is 0 Å². The second kappa shape index (κ2) is 13.5. The first-order chi connectivity index (χ1) is 25.2. The maximum atomic E-state index is 12.3. The van der Waals surface area contributed by atoms with E-state index in [0.29, 0.717) is 38.8 Å². The van der Waals surface area contributed by atoms with Gasteiger partial charge in [0.25, 0.3) is 0 Å². The van der Waals surface area contributed by atoms with E-state index in [-0.39, 0.29) is 11.4 Å². The van der Waals surface area contributed by atoms with Gasteiger partial charge in [0.2, 0.25) is 0 Å². The SMILES string of the molecule is Cc1ccc(Cn2c3ccccc3c3cc(C(=O)O)nc(CCCCc4nc(C(=O)O)cc5c6ccccc6n(Cc6ccc(C)cc6)c45)c32)cc1. The van der Waals surface area contributed by atoms with Crippen molar-refractivity contribution < 1.29 is 19.8 Å². The molecule has 8 nitrogen and oxygen atoms in total. The molecule has 4 aromatic heterocycles. The smallest absolute Gasteiger partial charge is 0.354 e. The molecular weight excluding hydrogens is 649 g/mol. The summed E-state index contributed by atoms with van der Waals surface area (Å²) in [4.78, 5) is 34.1. The fraction of sp³-hybridized carbons (Fsp3) is 0.182. The first-order valence-corrected chi connectivity index (χ1v) is 17.6. The number of nitrogens with zero attached hydrogens (tertiary/aromatic N) is 4. The minimum absolute atomic E-state index is 0.0268. The van der Waals surface area contributed by atoms with Crippen LogP contribution in [-0.4, -0.2) is 41.3 Å². The Hall–Kier alpha value is -6.28. The molecule has 0 spiro atoms. The van der Waals surface area contributed by atoms with E-state index in [2.05, 4.69) is 83.6 Å². The van der Waals surface area contributed by atoms with Crippen LogP contribution < -0.4 is 0 Å². The highest BCUT2D eigenvalue weighted by Gasteiger charge is 2.21. The molecule has 8 heteroatoms. The van der Waals surface area contributed by atoms with E-state index in [0.717, 1.165) is 66.1 Å². The molecule has 52 heavy (non-hydrogen) atoms. The van der Waals surface area contributed by atoms with Gasteiger partial charge >= 0.3 is 11.9 Å². The van der Waals surface area contributed by atoms with E-state index < -0.39 is 11.9 Å². The monoisotopic (exact) mass is 686 g/mol. The van der Waals surface area contributed by atoms with Crippen LogP contribution in [0.5, 0.6) is 0 Å². The summed E-state index contributed by atoms with van der Waals surface area (Å²) in [7, 11) is 0. The second-order valence-electron chi connectivity index (χ2n) is 13.7. The molecule has 2 N–H and O–H groups in total. The van der Waals surface area contributed by atoms with Crippen molar-refractivity contribution in [3.63, 3.8) is 0 Å². The molecule has 0 radical (unpaired) electrons. The van der Waals surface area contributed by atoms with E-state index in [1.54, 1.807) is 12.1 Å². The van der Waals surface area contributed by atoms with Crippen LogP contribution >= 0.6 is 0 Å². The molecule has 0 fully saturated rings. The Morgan fingerprint density at radius 3 is 1.31 bits per heavy atom. The fourth-order valence-electron chi connectivity index (χ4n) is 7.54. The maximum absolute atomic E-state index is 12.3. The van der Waals surface area contributed by atoms with Gasteiger partial charge in [-0.2, -0.15) is 0 Å². The molecule has 0 atom stereocenters. The van der Waals surface area contributed by atoms with E-state index in [1.165, 1.54) is 11.1 Å². The zero-order chi connectivity index (χ0) is 35.9. The summed E-state index contributed by atoms with van der Waals surface area (Å²) in [6.45, 7) is 5.39. The topological polar surface area (TPSA) is 110 Å². The Morgan fingerprint density at radius 1 is 0.538 bits per heavy atom. The highest BCUT2D eigenvalue weighted by atomic mass is 16.4. The molecule has 0 bridgehead atoms. The third kappa shape index (κ3) is 6.06. The largest absolute Gasteiger partial charge is 0.477 e. The van der Waals surface area contributed by atoms with Gasteiger partial charge in [0.15, 0.2) is 0 Å². The second-order valence-corrected chi connectivity index (χ2v) is 13.7. The number of pyridine rings is 2. The first kappa shape index (κ1) is 32.9. The van der Waals surface area contributed by atoms with Crippen molar-refractivity contribution in [1.29, 1.82) is 0 Å². The molecule has 0 saturated carbocycles. The molecule has 0 aliphatic rings. The van der Waals surface area contributed by atoms with Gasteiger partial charge in [0.1, 0.15) is 11.4 Å². The van der Waals surface area contributed by atoms with Crippen LogP contribution in [-0.2, 0) is 25.9 Å². The molecule has 4 aromatic carbocycles. The van der Waals surface area contributed by atoms with Crippen molar-refractivity contribution in [2.45, 2.75) is 52.6 Å². The number of hydrogen-bond donors (Lipinski definition) is 2. The number of para-hydroxylation sites is 2.